The molecule has 2 heterocycles. The van der Waals surface area contributed by atoms with Gasteiger partial charge in [-0.3, -0.25) is 9.29 Å². The number of aliphatic hydroxyl groups excluding tert-OH is 1. The first-order chi connectivity index (χ1) is 18.1. The molecule has 0 aliphatic rings. The fourth-order valence-corrected chi connectivity index (χ4v) is 4.87. The molecule has 4 rings (SSSR count). The highest BCUT2D eigenvalue weighted by molar-refractivity contribution is 7.93. The number of aryl methyl sites for hydroxylation is 1. The third-order valence-corrected chi connectivity index (χ3v) is 7.57. The maximum absolute atomic E-state index is 13.7. The number of methoxy groups -OCH3 is 2. The third kappa shape index (κ3) is 4.91. The number of ether oxygens (including phenoxy) is 2. The van der Waals surface area contributed by atoms with Crippen LogP contribution < -0.4 is 14.2 Å². The molecule has 0 amide bonds. The van der Waals surface area contributed by atoms with Gasteiger partial charge in [0.2, 0.25) is 21.8 Å². The second-order valence-corrected chi connectivity index (χ2v) is 10.3. The Kier molecular flexibility index (Phi) is 7.38. The molecular weight excluding hydrogens is 517 g/mol. The molecule has 0 unspecified atom stereocenters. The Morgan fingerprint density at radius 2 is 1.82 bits per heavy atom. The number of hydrogen-bond acceptors (Lipinski definition) is 9. The Labute approximate surface area is 218 Å². The third-order valence-electron chi connectivity index (χ3n) is 5.87. The number of sulfonamides is 1. The van der Waals surface area contributed by atoms with Crippen LogP contribution in [-0.2, 0) is 10.0 Å². The second kappa shape index (κ2) is 10.5. The Morgan fingerprint density at radius 3 is 2.39 bits per heavy atom. The highest BCUT2D eigenvalue weighted by Gasteiger charge is 2.33. The zero-order valence-corrected chi connectivity index (χ0v) is 21.7. The maximum Gasteiger partial charge on any atom is 0.243 e. The summed E-state index contributed by atoms with van der Waals surface area (Å²) in [6, 6.07) is 13.4. The highest BCUT2D eigenvalue weighted by Crippen LogP contribution is 2.38. The van der Waals surface area contributed by atoms with Crippen LogP contribution in [0.3, 0.4) is 0 Å². The van der Waals surface area contributed by atoms with Crippen molar-refractivity contribution in [3.63, 3.8) is 0 Å². The quantitative estimate of drug-likeness (QED) is 0.323. The minimum atomic E-state index is -4.34. The Bertz CT molecular complexity index is 1600. The predicted octanol–water partition coefficient (Wildman–Crippen LogP) is 3.73. The van der Waals surface area contributed by atoms with Crippen LogP contribution in [0.1, 0.15) is 29.9 Å². The lowest BCUT2D eigenvalue weighted by Gasteiger charge is -2.21. The first kappa shape index (κ1) is 26.6. The summed E-state index contributed by atoms with van der Waals surface area (Å²) in [4.78, 5) is 0. The zero-order chi connectivity index (χ0) is 27.6. The van der Waals surface area contributed by atoms with E-state index in [4.69, 9.17) is 19.2 Å². The molecule has 0 spiro atoms. The van der Waals surface area contributed by atoms with Gasteiger partial charge in [0, 0.05) is 0 Å². The average molecular weight is 542 g/mol. The lowest BCUT2D eigenvalue weighted by atomic mass is 10.0. The number of nitrogens with zero attached hydrogens (tertiary/aromatic N) is 4. The molecule has 0 radical (unpaired) electrons. The van der Waals surface area contributed by atoms with Crippen molar-refractivity contribution in [2.75, 3.05) is 18.9 Å². The van der Waals surface area contributed by atoms with E-state index in [9.17, 15) is 17.9 Å². The van der Waals surface area contributed by atoms with Crippen LogP contribution in [0.2, 0.25) is 0 Å². The zero-order valence-electron chi connectivity index (χ0n) is 20.8. The number of nitrogens with one attached hydrogen (secondary N) is 1. The number of hydrogen-bond donors (Lipinski definition) is 2. The van der Waals surface area contributed by atoms with Gasteiger partial charge in [-0.05, 0) is 55.8 Å². The Morgan fingerprint density at radius 1 is 1.13 bits per heavy atom. The molecule has 0 aliphatic carbocycles. The van der Waals surface area contributed by atoms with E-state index in [1.807, 2.05) is 0 Å². The standard InChI is InChI=1S/C25H24FN5O6S/c1-14-8-11-21(37-14)24-28-29-25(31(24)22-19(35-3)6-5-7-20(22)36-4)30-38(33,34)15(2)23(32)16-9-10-18(26)17(12-16)13-27/h5-12,15,23,32H,1-4H3,(H,29,30)/t15-,23-/m0/s1. The van der Waals surface area contributed by atoms with Gasteiger partial charge < -0.3 is 19.0 Å². The molecule has 11 nitrogen and oxygen atoms in total. The molecule has 0 aliphatic heterocycles. The van der Waals surface area contributed by atoms with Crippen LogP contribution in [0.15, 0.2) is 52.9 Å². The summed E-state index contributed by atoms with van der Waals surface area (Å²) >= 11 is 0. The van der Waals surface area contributed by atoms with Gasteiger partial charge in [-0.15, -0.1) is 10.2 Å². The Hall–Kier alpha value is -4.41. The van der Waals surface area contributed by atoms with Gasteiger partial charge in [0.1, 0.15) is 40.1 Å². The summed E-state index contributed by atoms with van der Waals surface area (Å²) in [6.45, 7) is 3.01. The van der Waals surface area contributed by atoms with Gasteiger partial charge in [-0.2, -0.15) is 5.26 Å². The van der Waals surface area contributed by atoms with E-state index in [0.29, 0.717) is 28.7 Å². The van der Waals surface area contributed by atoms with Crippen LogP contribution in [-0.4, -0.2) is 47.8 Å². The number of rotatable bonds is 9. The lowest BCUT2D eigenvalue weighted by Crippen LogP contribution is -2.32. The van der Waals surface area contributed by atoms with Crippen molar-refractivity contribution in [1.29, 1.82) is 5.26 Å². The molecule has 2 atom stereocenters. The number of halogens is 1. The fraction of sp³-hybridized carbons (Fsp3) is 0.240. The Balaban J connectivity index is 1.81. The molecule has 4 aromatic rings. The fourth-order valence-electron chi connectivity index (χ4n) is 3.80. The molecule has 0 saturated heterocycles. The van der Waals surface area contributed by atoms with Crippen LogP contribution in [0.5, 0.6) is 11.5 Å². The van der Waals surface area contributed by atoms with Crippen molar-refractivity contribution >= 4 is 16.0 Å². The van der Waals surface area contributed by atoms with E-state index < -0.39 is 27.2 Å². The topological polar surface area (TPSA) is 152 Å². The van der Waals surface area contributed by atoms with Crippen LogP contribution in [0.25, 0.3) is 17.3 Å². The second-order valence-electron chi connectivity index (χ2n) is 8.25. The van der Waals surface area contributed by atoms with Crippen LogP contribution >= 0.6 is 0 Å². The SMILES string of the molecule is COc1cccc(OC)c1-n1c(NS(=O)(=O)[C@@H](C)[C@H](O)c2ccc(F)c(C#N)c2)nnc1-c1ccc(C)o1. The highest BCUT2D eigenvalue weighted by atomic mass is 32.2. The molecule has 0 bridgehead atoms. The minimum absolute atomic E-state index is 0.0560. The van der Waals surface area contributed by atoms with Crippen molar-refractivity contribution in [2.24, 2.45) is 0 Å². The van der Waals surface area contributed by atoms with Crippen LogP contribution in [0.4, 0.5) is 10.3 Å². The van der Waals surface area contributed by atoms with E-state index in [2.05, 4.69) is 14.9 Å². The number of anilines is 1. The average Bonchev–Trinajstić information content (AvgIpc) is 3.52. The number of benzene rings is 2. The summed E-state index contributed by atoms with van der Waals surface area (Å²) < 4.78 is 61.0. The summed E-state index contributed by atoms with van der Waals surface area (Å²) in [5.74, 6) is 0.705. The normalized spacial score (nSPS) is 13.0. The van der Waals surface area contributed by atoms with Gasteiger partial charge in [0.25, 0.3) is 0 Å². The van der Waals surface area contributed by atoms with Gasteiger partial charge in [-0.1, -0.05) is 12.1 Å². The van der Waals surface area contributed by atoms with Crippen molar-refractivity contribution in [2.45, 2.75) is 25.2 Å². The monoisotopic (exact) mass is 541 g/mol. The summed E-state index contributed by atoms with van der Waals surface area (Å²) in [5, 5.41) is 26.6. The van der Waals surface area contributed by atoms with Gasteiger partial charge in [0.05, 0.1) is 25.9 Å². The first-order valence-corrected chi connectivity index (χ1v) is 12.8. The van der Waals surface area contributed by atoms with E-state index in [-0.39, 0.29) is 22.9 Å². The number of aromatic nitrogens is 3. The molecular formula is C25H24FN5O6S. The van der Waals surface area contributed by atoms with Crippen molar-refractivity contribution in [1.82, 2.24) is 14.8 Å². The molecule has 198 valence electrons. The van der Waals surface area contributed by atoms with Gasteiger partial charge >= 0.3 is 0 Å². The summed E-state index contributed by atoms with van der Waals surface area (Å²) in [6.07, 6.45) is -1.59. The minimum Gasteiger partial charge on any atom is -0.494 e. The predicted molar refractivity (Wildman–Crippen MR) is 135 cm³/mol. The molecule has 0 fully saturated rings. The van der Waals surface area contributed by atoms with E-state index in [1.54, 1.807) is 43.3 Å². The van der Waals surface area contributed by atoms with E-state index in [0.717, 1.165) is 12.1 Å². The number of nitriles is 1. The van der Waals surface area contributed by atoms with Crippen molar-refractivity contribution < 1.29 is 31.8 Å². The lowest BCUT2D eigenvalue weighted by molar-refractivity contribution is 0.176. The molecule has 2 aromatic carbocycles. The number of para-hydroxylation sites is 1. The van der Waals surface area contributed by atoms with Crippen molar-refractivity contribution in [3.05, 3.63) is 71.2 Å². The molecule has 0 saturated carbocycles. The molecule has 13 heteroatoms. The molecule has 38 heavy (non-hydrogen) atoms. The summed E-state index contributed by atoms with van der Waals surface area (Å²) in [5.41, 5.74) is 0.0376. The van der Waals surface area contributed by atoms with Gasteiger partial charge in [-0.25, -0.2) is 12.8 Å². The molecule has 2 aromatic heterocycles. The maximum atomic E-state index is 13.7. The van der Waals surface area contributed by atoms with Gasteiger partial charge in [0.15, 0.2) is 5.76 Å². The van der Waals surface area contributed by atoms with E-state index >= 15 is 0 Å². The number of aliphatic hydroxyl groups is 1. The largest absolute Gasteiger partial charge is 0.494 e. The molecule has 2 N–H and O–H groups in total. The summed E-state index contributed by atoms with van der Waals surface area (Å²) in [7, 11) is -1.45. The first-order valence-electron chi connectivity index (χ1n) is 11.2. The van der Waals surface area contributed by atoms with Crippen molar-refractivity contribution in [3.8, 4) is 34.8 Å². The van der Waals surface area contributed by atoms with E-state index in [1.165, 1.54) is 31.8 Å². The van der Waals surface area contributed by atoms with Crippen LogP contribution in [0, 0.1) is 24.1 Å². The number of furan rings is 1. The smallest absolute Gasteiger partial charge is 0.243 e.